The van der Waals surface area contributed by atoms with E-state index >= 15 is 0 Å². The number of amides is 1. The highest BCUT2D eigenvalue weighted by Crippen LogP contribution is 2.15. The minimum atomic E-state index is -1.54. The van der Waals surface area contributed by atoms with Gasteiger partial charge in [0.1, 0.15) is 0 Å². The van der Waals surface area contributed by atoms with Crippen LogP contribution in [-0.2, 0) is 4.84 Å². The fraction of sp³-hybridized carbons (Fsp3) is 0.111. The number of carboxylic acids is 1. The topological polar surface area (TPSA) is 75.6 Å². The van der Waals surface area contributed by atoms with Gasteiger partial charge in [0.25, 0.3) is 5.91 Å². The van der Waals surface area contributed by atoms with Gasteiger partial charge < -0.3 is 5.11 Å². The fourth-order valence-electron chi connectivity index (χ4n) is 1.06. The molecular formula is C9H7F2NO4. The summed E-state index contributed by atoms with van der Waals surface area (Å²) in [6.07, 6.45) is 0. The molecule has 0 unspecified atom stereocenters. The average molecular weight is 231 g/mol. The molecule has 0 saturated heterocycles. The van der Waals surface area contributed by atoms with Gasteiger partial charge in [-0.25, -0.2) is 19.1 Å². The lowest BCUT2D eigenvalue weighted by Gasteiger charge is -2.06. The molecule has 0 aliphatic carbocycles. The van der Waals surface area contributed by atoms with Gasteiger partial charge >= 0.3 is 5.97 Å². The lowest BCUT2D eigenvalue weighted by Crippen LogP contribution is -2.24. The monoisotopic (exact) mass is 231 g/mol. The largest absolute Gasteiger partial charge is 0.478 e. The number of hydrogen-bond acceptors (Lipinski definition) is 3. The van der Waals surface area contributed by atoms with Gasteiger partial charge in [-0.2, -0.15) is 0 Å². The van der Waals surface area contributed by atoms with Gasteiger partial charge in [-0.05, 0) is 12.1 Å². The summed E-state index contributed by atoms with van der Waals surface area (Å²) in [4.78, 5) is 26.2. The molecule has 0 aliphatic heterocycles. The van der Waals surface area contributed by atoms with Crippen molar-refractivity contribution in [3.05, 3.63) is 34.9 Å². The fourth-order valence-corrected chi connectivity index (χ4v) is 1.06. The molecule has 0 aliphatic rings. The van der Waals surface area contributed by atoms with Crippen molar-refractivity contribution in [1.82, 2.24) is 5.48 Å². The third-order valence-electron chi connectivity index (χ3n) is 1.73. The molecule has 16 heavy (non-hydrogen) atoms. The summed E-state index contributed by atoms with van der Waals surface area (Å²) in [5, 5.41) is 8.69. The number of hydroxylamine groups is 1. The molecule has 86 valence electrons. The number of aromatic carboxylic acids is 1. The van der Waals surface area contributed by atoms with E-state index in [-0.39, 0.29) is 0 Å². The van der Waals surface area contributed by atoms with E-state index in [1.807, 2.05) is 5.48 Å². The lowest BCUT2D eigenvalue weighted by molar-refractivity contribution is 0.0528. The van der Waals surface area contributed by atoms with E-state index in [9.17, 15) is 18.4 Å². The summed E-state index contributed by atoms with van der Waals surface area (Å²) in [7, 11) is 1.12. The number of benzene rings is 1. The summed E-state index contributed by atoms with van der Waals surface area (Å²) >= 11 is 0. The van der Waals surface area contributed by atoms with Crippen molar-refractivity contribution in [1.29, 1.82) is 0 Å². The Morgan fingerprint density at radius 1 is 1.25 bits per heavy atom. The molecule has 1 rings (SSSR count). The Kier molecular flexibility index (Phi) is 3.51. The Labute approximate surface area is 88.6 Å². The van der Waals surface area contributed by atoms with Crippen LogP contribution >= 0.6 is 0 Å². The van der Waals surface area contributed by atoms with Crippen LogP contribution in [0.5, 0.6) is 0 Å². The molecule has 1 aromatic carbocycles. The summed E-state index contributed by atoms with van der Waals surface area (Å²) < 4.78 is 25.6. The summed E-state index contributed by atoms with van der Waals surface area (Å²) in [6.45, 7) is 0. The highest BCUT2D eigenvalue weighted by atomic mass is 19.2. The van der Waals surface area contributed by atoms with E-state index in [2.05, 4.69) is 4.84 Å². The van der Waals surface area contributed by atoms with Gasteiger partial charge in [-0.15, -0.1) is 0 Å². The minimum Gasteiger partial charge on any atom is -0.478 e. The predicted octanol–water partition coefficient (Wildman–Crippen LogP) is 0.954. The van der Waals surface area contributed by atoms with Gasteiger partial charge in [0.2, 0.25) is 0 Å². The van der Waals surface area contributed by atoms with E-state index in [4.69, 9.17) is 5.11 Å². The van der Waals surface area contributed by atoms with Gasteiger partial charge in [0.05, 0.1) is 18.2 Å². The zero-order valence-electron chi connectivity index (χ0n) is 8.08. The Balaban J connectivity index is 3.30. The molecule has 5 nitrogen and oxygen atoms in total. The number of nitrogens with one attached hydrogen (secondary N) is 1. The Morgan fingerprint density at radius 2 is 1.75 bits per heavy atom. The van der Waals surface area contributed by atoms with Crippen LogP contribution in [0.4, 0.5) is 8.78 Å². The molecule has 1 aromatic rings. The Bertz CT molecular complexity index is 447. The number of hydrogen-bond donors (Lipinski definition) is 2. The third kappa shape index (κ3) is 2.31. The van der Waals surface area contributed by atoms with Crippen molar-refractivity contribution < 1.29 is 28.3 Å². The second-order valence-electron chi connectivity index (χ2n) is 2.75. The van der Waals surface area contributed by atoms with E-state index in [0.29, 0.717) is 12.1 Å². The van der Waals surface area contributed by atoms with Crippen LogP contribution in [0.2, 0.25) is 0 Å². The van der Waals surface area contributed by atoms with Crippen LogP contribution < -0.4 is 5.48 Å². The van der Waals surface area contributed by atoms with Crippen molar-refractivity contribution in [2.75, 3.05) is 7.11 Å². The molecule has 0 saturated carbocycles. The quantitative estimate of drug-likeness (QED) is 0.759. The second-order valence-corrected chi connectivity index (χ2v) is 2.75. The van der Waals surface area contributed by atoms with Crippen molar-refractivity contribution in [2.24, 2.45) is 0 Å². The van der Waals surface area contributed by atoms with Crippen molar-refractivity contribution in [3.8, 4) is 0 Å². The van der Waals surface area contributed by atoms with Crippen molar-refractivity contribution >= 4 is 11.9 Å². The van der Waals surface area contributed by atoms with Gasteiger partial charge in [0.15, 0.2) is 11.6 Å². The van der Waals surface area contributed by atoms with E-state index in [1.54, 1.807) is 0 Å². The lowest BCUT2D eigenvalue weighted by atomic mass is 10.1. The molecule has 7 heteroatoms. The SMILES string of the molecule is CONC(=O)c1cc(F)c(F)cc1C(=O)O. The first-order valence-corrected chi connectivity index (χ1v) is 4.03. The van der Waals surface area contributed by atoms with E-state index in [1.165, 1.54) is 0 Å². The van der Waals surface area contributed by atoms with Gasteiger partial charge in [-0.3, -0.25) is 9.63 Å². The maximum Gasteiger partial charge on any atom is 0.336 e. The summed E-state index contributed by atoms with van der Waals surface area (Å²) in [5.41, 5.74) is 0.647. The molecule has 0 bridgehead atoms. The molecule has 1 amide bonds. The number of carboxylic acid groups (broad SMARTS) is 1. The third-order valence-corrected chi connectivity index (χ3v) is 1.73. The van der Waals surface area contributed by atoms with Crippen molar-refractivity contribution in [2.45, 2.75) is 0 Å². The Hall–Kier alpha value is -2.02. The molecule has 0 fully saturated rings. The van der Waals surface area contributed by atoms with Crippen LogP contribution in [0.3, 0.4) is 0 Å². The first-order chi connectivity index (χ1) is 7.47. The van der Waals surface area contributed by atoms with Crippen LogP contribution in [0.1, 0.15) is 20.7 Å². The van der Waals surface area contributed by atoms with E-state index in [0.717, 1.165) is 7.11 Å². The van der Waals surface area contributed by atoms with Crippen LogP contribution in [0.25, 0.3) is 0 Å². The normalized spacial score (nSPS) is 9.94. The molecule has 0 heterocycles. The van der Waals surface area contributed by atoms with Crippen LogP contribution in [-0.4, -0.2) is 24.1 Å². The van der Waals surface area contributed by atoms with Crippen LogP contribution in [0, 0.1) is 11.6 Å². The zero-order chi connectivity index (χ0) is 12.3. The molecule has 0 spiro atoms. The molecule has 2 N–H and O–H groups in total. The maximum absolute atomic E-state index is 12.8. The first kappa shape index (κ1) is 12.1. The van der Waals surface area contributed by atoms with Gasteiger partial charge in [-0.1, -0.05) is 0 Å². The number of carbonyl (C=O) groups is 2. The van der Waals surface area contributed by atoms with Gasteiger partial charge in [0, 0.05) is 0 Å². The number of rotatable bonds is 3. The minimum absolute atomic E-state index is 0.433. The molecular weight excluding hydrogens is 224 g/mol. The number of carbonyl (C=O) groups excluding carboxylic acids is 1. The zero-order valence-corrected chi connectivity index (χ0v) is 8.08. The molecule has 0 aromatic heterocycles. The first-order valence-electron chi connectivity index (χ1n) is 4.03. The van der Waals surface area contributed by atoms with Crippen LogP contribution in [0.15, 0.2) is 12.1 Å². The highest BCUT2D eigenvalue weighted by Gasteiger charge is 2.20. The highest BCUT2D eigenvalue weighted by molar-refractivity contribution is 6.04. The Morgan fingerprint density at radius 3 is 2.19 bits per heavy atom. The summed E-state index contributed by atoms with van der Waals surface area (Å²) in [6, 6.07) is 0.926. The molecule has 0 atom stereocenters. The summed E-state index contributed by atoms with van der Waals surface area (Å²) in [5.74, 6) is -5.17. The van der Waals surface area contributed by atoms with Crippen molar-refractivity contribution in [3.63, 3.8) is 0 Å². The average Bonchev–Trinajstić information content (AvgIpc) is 2.21. The second kappa shape index (κ2) is 4.67. The molecule has 0 radical (unpaired) electrons. The number of halogens is 2. The van der Waals surface area contributed by atoms with E-state index < -0.39 is 34.6 Å². The maximum atomic E-state index is 12.8. The smallest absolute Gasteiger partial charge is 0.336 e. The standard InChI is InChI=1S/C9H7F2NO4/c1-16-12-8(13)4-2-6(10)7(11)3-5(4)9(14)15/h2-3H,1H3,(H,12,13)(H,14,15). The predicted molar refractivity (Wildman–Crippen MR) is 47.8 cm³/mol.